The van der Waals surface area contributed by atoms with Crippen molar-refractivity contribution in [1.82, 2.24) is 10.2 Å². The van der Waals surface area contributed by atoms with E-state index >= 15 is 0 Å². The number of unbranched alkanes of at least 4 members (excludes halogenated alkanes) is 1. The van der Waals surface area contributed by atoms with Gasteiger partial charge >= 0.3 is 24.1 Å². The average Bonchev–Trinajstić information content (AvgIpc) is 2.38. The SMILES string of the molecule is CN(C(=O)OC(C)(C)C)C(CCCCNC(=O)C(F)(F)F)C(=O)O. The fourth-order valence-corrected chi connectivity index (χ4v) is 1.71. The largest absolute Gasteiger partial charge is 0.480 e. The molecule has 0 aromatic carbocycles. The van der Waals surface area contributed by atoms with E-state index < -0.39 is 35.8 Å². The van der Waals surface area contributed by atoms with Gasteiger partial charge in [-0.2, -0.15) is 13.2 Å². The number of carbonyl (C=O) groups is 3. The molecule has 0 aromatic rings. The fourth-order valence-electron chi connectivity index (χ4n) is 1.71. The van der Waals surface area contributed by atoms with Gasteiger partial charge in [0.2, 0.25) is 0 Å². The molecule has 0 saturated heterocycles. The van der Waals surface area contributed by atoms with Crippen LogP contribution in [0.1, 0.15) is 40.0 Å². The van der Waals surface area contributed by atoms with Crippen molar-refractivity contribution < 1.29 is 37.4 Å². The smallest absolute Gasteiger partial charge is 0.471 e. The Morgan fingerprint density at radius 1 is 1.17 bits per heavy atom. The minimum Gasteiger partial charge on any atom is -0.480 e. The third-order valence-electron chi connectivity index (χ3n) is 2.88. The maximum absolute atomic E-state index is 12.0. The van der Waals surface area contributed by atoms with Crippen LogP contribution in [-0.2, 0) is 14.3 Å². The van der Waals surface area contributed by atoms with Gasteiger partial charge in [-0.1, -0.05) is 0 Å². The number of alkyl halides is 3. The van der Waals surface area contributed by atoms with Gasteiger partial charge in [0.25, 0.3) is 0 Å². The lowest BCUT2D eigenvalue weighted by molar-refractivity contribution is -0.173. The second-order valence-corrected chi connectivity index (χ2v) is 6.19. The highest BCUT2D eigenvalue weighted by Crippen LogP contribution is 2.15. The number of nitrogens with one attached hydrogen (secondary N) is 1. The predicted octanol–water partition coefficient (Wildman–Crippen LogP) is 2.16. The van der Waals surface area contributed by atoms with E-state index in [1.165, 1.54) is 7.05 Å². The minimum absolute atomic E-state index is 0.0208. The molecular formula is C14H23F3N2O5. The summed E-state index contributed by atoms with van der Waals surface area (Å²) in [7, 11) is 1.28. The van der Waals surface area contributed by atoms with Gasteiger partial charge in [-0.3, -0.25) is 9.69 Å². The molecule has 0 radical (unpaired) electrons. The van der Waals surface area contributed by atoms with E-state index in [9.17, 15) is 32.7 Å². The summed E-state index contributed by atoms with van der Waals surface area (Å²) in [6.45, 7) is 4.67. The van der Waals surface area contributed by atoms with Crippen molar-refractivity contribution in [3.05, 3.63) is 0 Å². The third kappa shape index (κ3) is 8.59. The van der Waals surface area contributed by atoms with Gasteiger partial charge in [0, 0.05) is 13.6 Å². The maximum Gasteiger partial charge on any atom is 0.471 e. The monoisotopic (exact) mass is 356 g/mol. The van der Waals surface area contributed by atoms with Crippen LogP contribution < -0.4 is 5.32 Å². The van der Waals surface area contributed by atoms with Crippen LogP contribution >= 0.6 is 0 Å². The van der Waals surface area contributed by atoms with E-state index in [1.807, 2.05) is 0 Å². The predicted molar refractivity (Wildman–Crippen MR) is 78.3 cm³/mol. The molecule has 0 spiro atoms. The lowest BCUT2D eigenvalue weighted by Crippen LogP contribution is -2.45. The Kier molecular flexibility index (Phi) is 8.01. The van der Waals surface area contributed by atoms with E-state index in [4.69, 9.17) is 4.74 Å². The van der Waals surface area contributed by atoms with Gasteiger partial charge in [0.05, 0.1) is 0 Å². The van der Waals surface area contributed by atoms with Gasteiger partial charge < -0.3 is 15.2 Å². The summed E-state index contributed by atoms with van der Waals surface area (Å²) in [5, 5.41) is 10.9. The van der Waals surface area contributed by atoms with Crippen molar-refractivity contribution >= 4 is 18.0 Å². The normalized spacial score (nSPS) is 13.1. The zero-order chi connectivity index (χ0) is 19.1. The standard InChI is InChI=1S/C14H23F3N2O5/c1-13(2,3)24-12(23)19(4)9(10(20)21)7-5-6-8-18-11(22)14(15,16)17/h9H,5-8H2,1-4H3,(H,18,22)(H,20,21). The molecule has 0 aliphatic carbocycles. The molecule has 2 amide bonds. The number of carboxylic acids is 1. The number of aliphatic carboxylic acids is 1. The van der Waals surface area contributed by atoms with E-state index in [0.717, 1.165) is 4.90 Å². The summed E-state index contributed by atoms with van der Waals surface area (Å²) in [5.41, 5.74) is -0.781. The number of hydrogen-bond acceptors (Lipinski definition) is 4. The molecule has 0 heterocycles. The maximum atomic E-state index is 12.0. The Balaban J connectivity index is 4.38. The van der Waals surface area contributed by atoms with E-state index in [2.05, 4.69) is 0 Å². The number of carboxylic acid groups (broad SMARTS) is 1. The Morgan fingerprint density at radius 2 is 1.71 bits per heavy atom. The third-order valence-corrected chi connectivity index (χ3v) is 2.88. The summed E-state index contributed by atoms with van der Waals surface area (Å²) < 4.78 is 41.0. The van der Waals surface area contributed by atoms with Crippen molar-refractivity contribution in [3.8, 4) is 0 Å². The molecule has 140 valence electrons. The number of ether oxygens (including phenoxy) is 1. The number of halogens is 3. The Hall–Kier alpha value is -2.00. The number of rotatable bonds is 7. The van der Waals surface area contributed by atoms with Crippen LogP contribution in [0.5, 0.6) is 0 Å². The number of likely N-dealkylation sites (N-methyl/N-ethyl adjacent to an activating group) is 1. The van der Waals surface area contributed by atoms with Crippen molar-refractivity contribution in [2.45, 2.75) is 57.9 Å². The summed E-state index contributed by atoms with van der Waals surface area (Å²) in [4.78, 5) is 34.6. The molecule has 1 unspecified atom stereocenters. The molecule has 7 nitrogen and oxygen atoms in total. The van der Waals surface area contributed by atoms with Crippen LogP contribution in [0, 0.1) is 0 Å². The Morgan fingerprint density at radius 3 is 2.12 bits per heavy atom. The van der Waals surface area contributed by atoms with Crippen LogP contribution in [0.25, 0.3) is 0 Å². The summed E-state index contributed by atoms with van der Waals surface area (Å²) >= 11 is 0. The van der Waals surface area contributed by atoms with Gasteiger partial charge in [-0.25, -0.2) is 9.59 Å². The number of hydrogen-bond donors (Lipinski definition) is 2. The highest BCUT2D eigenvalue weighted by Gasteiger charge is 2.38. The molecular weight excluding hydrogens is 333 g/mol. The first-order valence-corrected chi connectivity index (χ1v) is 7.29. The molecule has 0 aromatic heterocycles. The lowest BCUT2D eigenvalue weighted by atomic mass is 10.1. The summed E-state index contributed by atoms with van der Waals surface area (Å²) in [5.74, 6) is -3.29. The topological polar surface area (TPSA) is 95.9 Å². The lowest BCUT2D eigenvalue weighted by Gasteiger charge is -2.28. The van der Waals surface area contributed by atoms with Crippen molar-refractivity contribution in [1.29, 1.82) is 0 Å². The molecule has 0 bridgehead atoms. The second-order valence-electron chi connectivity index (χ2n) is 6.19. The van der Waals surface area contributed by atoms with Crippen LogP contribution in [0.15, 0.2) is 0 Å². The molecule has 24 heavy (non-hydrogen) atoms. The second kappa shape index (κ2) is 8.74. The van der Waals surface area contributed by atoms with Crippen molar-refractivity contribution in [2.24, 2.45) is 0 Å². The first-order valence-electron chi connectivity index (χ1n) is 7.29. The molecule has 0 fully saturated rings. The molecule has 0 saturated carbocycles. The molecule has 0 rings (SSSR count). The first kappa shape index (κ1) is 22.0. The highest BCUT2D eigenvalue weighted by atomic mass is 19.4. The average molecular weight is 356 g/mol. The molecule has 1 atom stereocenters. The van der Waals surface area contributed by atoms with Crippen molar-refractivity contribution in [3.63, 3.8) is 0 Å². The molecule has 2 N–H and O–H groups in total. The van der Waals surface area contributed by atoms with E-state index in [-0.39, 0.29) is 25.8 Å². The Bertz CT molecular complexity index is 460. The molecule has 10 heteroatoms. The molecule has 0 aliphatic heterocycles. The van der Waals surface area contributed by atoms with Crippen LogP contribution in [0.2, 0.25) is 0 Å². The summed E-state index contributed by atoms with van der Waals surface area (Å²) in [6, 6.07) is -1.17. The van der Waals surface area contributed by atoms with Gasteiger partial charge in [-0.05, 0) is 40.0 Å². The van der Waals surface area contributed by atoms with Gasteiger partial charge in [0.1, 0.15) is 11.6 Å². The van der Waals surface area contributed by atoms with Crippen LogP contribution in [0.4, 0.5) is 18.0 Å². The van der Waals surface area contributed by atoms with Crippen molar-refractivity contribution in [2.75, 3.05) is 13.6 Å². The van der Waals surface area contributed by atoms with E-state index in [1.54, 1.807) is 26.1 Å². The quantitative estimate of drug-likeness (QED) is 0.682. The number of carbonyl (C=O) groups excluding carboxylic acids is 2. The van der Waals surface area contributed by atoms with Crippen LogP contribution in [-0.4, -0.2) is 59.4 Å². The number of nitrogens with zero attached hydrogens (tertiary/aromatic N) is 1. The Labute approximate surface area is 138 Å². The van der Waals surface area contributed by atoms with Gasteiger partial charge in [-0.15, -0.1) is 0 Å². The first-order chi connectivity index (χ1) is 10.8. The number of amides is 2. The molecule has 0 aliphatic rings. The van der Waals surface area contributed by atoms with E-state index in [0.29, 0.717) is 0 Å². The zero-order valence-corrected chi connectivity index (χ0v) is 14.1. The van der Waals surface area contributed by atoms with Crippen LogP contribution in [0.3, 0.4) is 0 Å². The summed E-state index contributed by atoms with van der Waals surface area (Å²) in [6.07, 6.45) is -5.37. The highest BCUT2D eigenvalue weighted by molar-refractivity contribution is 5.81. The van der Waals surface area contributed by atoms with Gasteiger partial charge in [0.15, 0.2) is 0 Å². The zero-order valence-electron chi connectivity index (χ0n) is 14.1. The fraction of sp³-hybridized carbons (Fsp3) is 0.786. The minimum atomic E-state index is -4.94.